The van der Waals surface area contributed by atoms with Crippen LogP contribution in [0.2, 0.25) is 0 Å². The van der Waals surface area contributed by atoms with E-state index in [2.05, 4.69) is 32.8 Å². The minimum Gasteiger partial charge on any atom is -0.348 e. The van der Waals surface area contributed by atoms with Crippen LogP contribution in [0.15, 0.2) is 35.5 Å². The molecule has 0 fully saturated rings. The number of nitrogens with one attached hydrogen (secondary N) is 1. The molecule has 1 aromatic heterocycles. The second-order valence-corrected chi connectivity index (χ2v) is 4.18. The summed E-state index contributed by atoms with van der Waals surface area (Å²) < 4.78 is 0.859. The molecule has 1 unspecified atom stereocenters. The van der Waals surface area contributed by atoms with Crippen molar-refractivity contribution in [1.82, 2.24) is 10.3 Å². The van der Waals surface area contributed by atoms with E-state index in [0.29, 0.717) is 5.69 Å². The molecule has 0 bridgehead atoms. The van der Waals surface area contributed by atoms with E-state index in [1.807, 2.05) is 6.92 Å². The van der Waals surface area contributed by atoms with Crippen molar-refractivity contribution >= 4 is 21.8 Å². The van der Waals surface area contributed by atoms with Gasteiger partial charge in [0.05, 0.1) is 0 Å². The maximum Gasteiger partial charge on any atom is 0.270 e. The van der Waals surface area contributed by atoms with Crippen LogP contribution in [-0.2, 0) is 0 Å². The smallest absolute Gasteiger partial charge is 0.270 e. The Morgan fingerprint density at radius 2 is 2.47 bits per heavy atom. The number of carbonyl (C=O) groups excluding carboxylic acids is 1. The van der Waals surface area contributed by atoms with Crippen molar-refractivity contribution < 1.29 is 4.79 Å². The first kappa shape index (κ1) is 11.9. The van der Waals surface area contributed by atoms with E-state index < -0.39 is 0 Å². The van der Waals surface area contributed by atoms with Gasteiger partial charge in [0.15, 0.2) is 0 Å². The number of pyridine rings is 1. The standard InChI is InChI=1S/C11H13BrN2O/c1-3-4-8(2)14-11(15)10-6-5-9(12)7-13-10/h3,5-8H,1,4H2,2H3,(H,14,15). The number of amides is 1. The van der Waals surface area contributed by atoms with Gasteiger partial charge < -0.3 is 5.32 Å². The van der Waals surface area contributed by atoms with Crippen molar-refractivity contribution in [3.63, 3.8) is 0 Å². The third-order valence-corrected chi connectivity index (χ3v) is 2.33. The average molecular weight is 269 g/mol. The molecule has 1 aromatic rings. The van der Waals surface area contributed by atoms with Crippen LogP contribution in [0, 0.1) is 0 Å². The molecule has 80 valence electrons. The summed E-state index contributed by atoms with van der Waals surface area (Å²) in [5.74, 6) is -0.156. The summed E-state index contributed by atoms with van der Waals surface area (Å²) in [7, 11) is 0. The van der Waals surface area contributed by atoms with Crippen LogP contribution in [-0.4, -0.2) is 16.9 Å². The van der Waals surface area contributed by atoms with Gasteiger partial charge in [0.1, 0.15) is 5.69 Å². The van der Waals surface area contributed by atoms with Crippen LogP contribution in [0.1, 0.15) is 23.8 Å². The van der Waals surface area contributed by atoms with Gasteiger partial charge in [-0.05, 0) is 41.4 Å². The zero-order valence-electron chi connectivity index (χ0n) is 8.53. The molecule has 0 saturated carbocycles. The molecule has 0 radical (unpaired) electrons. The predicted octanol–water partition coefficient (Wildman–Crippen LogP) is 2.54. The number of carbonyl (C=O) groups is 1. The van der Waals surface area contributed by atoms with Crippen molar-refractivity contribution in [1.29, 1.82) is 0 Å². The van der Waals surface area contributed by atoms with E-state index in [1.165, 1.54) is 0 Å². The highest BCUT2D eigenvalue weighted by molar-refractivity contribution is 9.10. The number of hydrogen-bond donors (Lipinski definition) is 1. The molecule has 0 aliphatic rings. The lowest BCUT2D eigenvalue weighted by atomic mass is 10.2. The molecule has 0 spiro atoms. The van der Waals surface area contributed by atoms with E-state index in [0.717, 1.165) is 10.9 Å². The first-order chi connectivity index (χ1) is 7.13. The van der Waals surface area contributed by atoms with Crippen LogP contribution >= 0.6 is 15.9 Å². The second-order valence-electron chi connectivity index (χ2n) is 3.26. The molecule has 15 heavy (non-hydrogen) atoms. The van der Waals surface area contributed by atoms with Gasteiger partial charge in [0, 0.05) is 16.7 Å². The topological polar surface area (TPSA) is 42.0 Å². The molecule has 0 aromatic carbocycles. The van der Waals surface area contributed by atoms with Gasteiger partial charge in [0.2, 0.25) is 0 Å². The highest BCUT2D eigenvalue weighted by Crippen LogP contribution is 2.07. The van der Waals surface area contributed by atoms with Crippen LogP contribution in [0.4, 0.5) is 0 Å². The molecule has 1 N–H and O–H groups in total. The first-order valence-corrected chi connectivity index (χ1v) is 5.46. The Morgan fingerprint density at radius 1 is 1.73 bits per heavy atom. The minimum atomic E-state index is -0.156. The van der Waals surface area contributed by atoms with Crippen LogP contribution in [0.25, 0.3) is 0 Å². The van der Waals surface area contributed by atoms with E-state index in [1.54, 1.807) is 24.4 Å². The molecule has 1 atom stereocenters. The van der Waals surface area contributed by atoms with Gasteiger partial charge in [-0.3, -0.25) is 4.79 Å². The highest BCUT2D eigenvalue weighted by atomic mass is 79.9. The Labute approximate surface area is 97.7 Å². The molecule has 3 nitrogen and oxygen atoms in total. The summed E-state index contributed by atoms with van der Waals surface area (Å²) in [6.45, 7) is 5.55. The van der Waals surface area contributed by atoms with Gasteiger partial charge in [-0.1, -0.05) is 6.08 Å². The first-order valence-electron chi connectivity index (χ1n) is 4.67. The Kier molecular flexibility index (Phi) is 4.49. The Balaban J connectivity index is 2.61. The van der Waals surface area contributed by atoms with Gasteiger partial charge in [0.25, 0.3) is 5.91 Å². The van der Waals surface area contributed by atoms with Crippen molar-refractivity contribution in [3.05, 3.63) is 41.2 Å². The van der Waals surface area contributed by atoms with E-state index in [-0.39, 0.29) is 11.9 Å². The van der Waals surface area contributed by atoms with Gasteiger partial charge in [-0.2, -0.15) is 0 Å². The summed E-state index contributed by atoms with van der Waals surface area (Å²) in [6.07, 6.45) is 4.13. The maximum atomic E-state index is 11.6. The highest BCUT2D eigenvalue weighted by Gasteiger charge is 2.09. The normalized spacial score (nSPS) is 11.9. The van der Waals surface area contributed by atoms with Crippen molar-refractivity contribution in [2.24, 2.45) is 0 Å². The van der Waals surface area contributed by atoms with Crippen LogP contribution < -0.4 is 5.32 Å². The number of rotatable bonds is 4. The lowest BCUT2D eigenvalue weighted by Gasteiger charge is -2.10. The Bertz CT molecular complexity index is 348. The largest absolute Gasteiger partial charge is 0.348 e. The van der Waals surface area contributed by atoms with Gasteiger partial charge >= 0.3 is 0 Å². The second kappa shape index (κ2) is 5.66. The van der Waals surface area contributed by atoms with Gasteiger partial charge in [-0.15, -0.1) is 6.58 Å². The van der Waals surface area contributed by atoms with Crippen LogP contribution in [0.3, 0.4) is 0 Å². The van der Waals surface area contributed by atoms with Crippen molar-refractivity contribution in [2.45, 2.75) is 19.4 Å². The number of halogens is 1. The lowest BCUT2D eigenvalue weighted by Crippen LogP contribution is -2.32. The maximum absolute atomic E-state index is 11.6. The molecule has 0 saturated heterocycles. The zero-order chi connectivity index (χ0) is 11.3. The fourth-order valence-electron chi connectivity index (χ4n) is 1.12. The monoisotopic (exact) mass is 268 g/mol. The summed E-state index contributed by atoms with van der Waals surface area (Å²) in [5, 5.41) is 2.83. The number of aromatic nitrogens is 1. The SMILES string of the molecule is C=CCC(C)NC(=O)c1ccc(Br)cn1. The summed E-state index contributed by atoms with van der Waals surface area (Å²) in [5.41, 5.74) is 0.425. The average Bonchev–Trinajstić information content (AvgIpc) is 2.18. The van der Waals surface area contributed by atoms with Crippen molar-refractivity contribution in [2.75, 3.05) is 0 Å². The molecular formula is C11H13BrN2O. The molecule has 1 amide bonds. The van der Waals surface area contributed by atoms with Crippen molar-refractivity contribution in [3.8, 4) is 0 Å². The quantitative estimate of drug-likeness (QED) is 0.853. The molecule has 1 rings (SSSR count). The molecule has 4 heteroatoms. The number of hydrogen-bond acceptors (Lipinski definition) is 2. The molecule has 1 heterocycles. The third-order valence-electron chi connectivity index (χ3n) is 1.86. The molecule has 0 aliphatic carbocycles. The summed E-state index contributed by atoms with van der Waals surface area (Å²) in [4.78, 5) is 15.6. The summed E-state index contributed by atoms with van der Waals surface area (Å²) >= 11 is 3.26. The lowest BCUT2D eigenvalue weighted by molar-refractivity contribution is 0.0935. The fraction of sp³-hybridized carbons (Fsp3) is 0.273. The number of nitrogens with zero attached hydrogens (tertiary/aromatic N) is 1. The third kappa shape index (κ3) is 3.83. The van der Waals surface area contributed by atoms with Gasteiger partial charge in [-0.25, -0.2) is 4.98 Å². The van der Waals surface area contributed by atoms with E-state index >= 15 is 0 Å². The fourth-order valence-corrected chi connectivity index (χ4v) is 1.35. The minimum absolute atomic E-state index is 0.0837. The van der Waals surface area contributed by atoms with Crippen LogP contribution in [0.5, 0.6) is 0 Å². The molecular weight excluding hydrogens is 256 g/mol. The van der Waals surface area contributed by atoms with E-state index in [4.69, 9.17) is 0 Å². The Morgan fingerprint density at radius 3 is 3.00 bits per heavy atom. The predicted molar refractivity (Wildman–Crippen MR) is 63.7 cm³/mol. The summed E-state index contributed by atoms with van der Waals surface area (Å²) in [6, 6.07) is 3.56. The molecule has 0 aliphatic heterocycles. The Hall–Kier alpha value is -1.16. The van der Waals surface area contributed by atoms with E-state index in [9.17, 15) is 4.79 Å². The zero-order valence-corrected chi connectivity index (χ0v) is 10.1.